The van der Waals surface area contributed by atoms with Crippen molar-refractivity contribution in [2.24, 2.45) is 0 Å². The fraction of sp³-hybridized carbons (Fsp3) is 0.417. The Morgan fingerprint density at radius 2 is 2.11 bits per heavy atom. The Bertz CT molecular complexity index is 491. The monoisotopic (exact) mass is 273 g/mol. The topological polar surface area (TPSA) is 67.8 Å². The minimum Gasteiger partial charge on any atom is -0.395 e. The van der Waals surface area contributed by atoms with Gasteiger partial charge in [-0.05, 0) is 25.5 Å². The lowest BCUT2D eigenvalue weighted by Gasteiger charge is -2.07. The lowest BCUT2D eigenvalue weighted by atomic mass is 10.2. The van der Waals surface area contributed by atoms with Gasteiger partial charge in [-0.25, -0.2) is 0 Å². The van der Waals surface area contributed by atoms with E-state index in [1.54, 1.807) is 6.92 Å². The van der Waals surface area contributed by atoms with E-state index in [1.807, 2.05) is 0 Å². The molecule has 1 aliphatic rings. The van der Waals surface area contributed by atoms with Crippen LogP contribution in [0.25, 0.3) is 0 Å². The molecule has 1 heterocycles. The zero-order chi connectivity index (χ0) is 14.0. The molecule has 0 saturated carbocycles. The van der Waals surface area contributed by atoms with Gasteiger partial charge in [-0.1, -0.05) is 0 Å². The summed E-state index contributed by atoms with van der Waals surface area (Å²) in [5.41, 5.74) is 0.329. The maximum absolute atomic E-state index is 12.8. The van der Waals surface area contributed by atoms with E-state index in [-0.39, 0.29) is 23.8 Å². The van der Waals surface area contributed by atoms with Crippen molar-refractivity contribution in [2.75, 3.05) is 5.32 Å². The van der Waals surface area contributed by atoms with Crippen molar-refractivity contribution in [2.45, 2.75) is 32.2 Å². The standard InChI is InChI=1S/C12H13F2NO4/c1-7(16)2-5-11(17)15-8-3-4-9-10(6-8)19-12(13,14)18-9/h3-4,6-7,16H,2,5H2,1H3,(H,15,17). The van der Waals surface area contributed by atoms with Crippen LogP contribution in [0.3, 0.4) is 0 Å². The number of aliphatic hydroxyl groups excluding tert-OH is 1. The number of carbonyl (C=O) groups excluding carboxylic acids is 1. The summed E-state index contributed by atoms with van der Waals surface area (Å²) in [6.45, 7) is 1.58. The molecule has 0 aliphatic carbocycles. The number of benzene rings is 1. The highest BCUT2D eigenvalue weighted by Gasteiger charge is 2.43. The molecule has 104 valence electrons. The molecule has 0 aromatic heterocycles. The van der Waals surface area contributed by atoms with Gasteiger partial charge in [0.05, 0.1) is 6.10 Å². The molecule has 19 heavy (non-hydrogen) atoms. The summed E-state index contributed by atoms with van der Waals surface area (Å²) in [6, 6.07) is 3.99. The fourth-order valence-electron chi connectivity index (χ4n) is 1.59. The van der Waals surface area contributed by atoms with Gasteiger partial charge in [0.15, 0.2) is 11.5 Å². The number of amides is 1. The molecular formula is C12H13F2NO4. The van der Waals surface area contributed by atoms with Crippen LogP contribution in [-0.4, -0.2) is 23.4 Å². The zero-order valence-corrected chi connectivity index (χ0v) is 10.2. The van der Waals surface area contributed by atoms with Gasteiger partial charge in [0.1, 0.15) is 0 Å². The molecule has 1 aromatic rings. The molecule has 0 bridgehead atoms. The molecule has 5 nitrogen and oxygen atoms in total. The van der Waals surface area contributed by atoms with Crippen molar-refractivity contribution in [1.29, 1.82) is 0 Å². The predicted octanol–water partition coefficient (Wildman–Crippen LogP) is 2.11. The molecule has 0 radical (unpaired) electrons. The van der Waals surface area contributed by atoms with E-state index in [2.05, 4.69) is 14.8 Å². The average Bonchev–Trinajstić information content (AvgIpc) is 2.59. The highest BCUT2D eigenvalue weighted by molar-refractivity contribution is 5.91. The Morgan fingerprint density at radius 3 is 2.79 bits per heavy atom. The van der Waals surface area contributed by atoms with Crippen LogP contribution < -0.4 is 14.8 Å². The number of aliphatic hydroxyl groups is 1. The first kappa shape index (κ1) is 13.5. The molecule has 0 fully saturated rings. The van der Waals surface area contributed by atoms with E-state index in [0.29, 0.717) is 12.1 Å². The van der Waals surface area contributed by atoms with Gasteiger partial charge < -0.3 is 19.9 Å². The number of nitrogens with one attached hydrogen (secondary N) is 1. The summed E-state index contributed by atoms with van der Waals surface area (Å²) in [6.07, 6.45) is -3.77. The van der Waals surface area contributed by atoms with Crippen LogP contribution in [0.1, 0.15) is 19.8 Å². The number of rotatable bonds is 4. The first-order chi connectivity index (χ1) is 8.85. The third kappa shape index (κ3) is 3.54. The first-order valence-electron chi connectivity index (χ1n) is 5.73. The predicted molar refractivity (Wildman–Crippen MR) is 62.2 cm³/mol. The van der Waals surface area contributed by atoms with Crippen molar-refractivity contribution in [3.05, 3.63) is 18.2 Å². The zero-order valence-electron chi connectivity index (χ0n) is 10.2. The third-order valence-corrected chi connectivity index (χ3v) is 2.47. The van der Waals surface area contributed by atoms with E-state index in [4.69, 9.17) is 5.11 Å². The van der Waals surface area contributed by atoms with Crippen molar-refractivity contribution < 1.29 is 28.2 Å². The highest BCUT2D eigenvalue weighted by atomic mass is 19.3. The summed E-state index contributed by atoms with van der Waals surface area (Å²) in [7, 11) is 0. The molecule has 2 N–H and O–H groups in total. The fourth-order valence-corrected chi connectivity index (χ4v) is 1.59. The molecule has 1 aliphatic heterocycles. The molecule has 0 spiro atoms. The van der Waals surface area contributed by atoms with Crippen LogP contribution in [0.2, 0.25) is 0 Å². The van der Waals surface area contributed by atoms with E-state index in [0.717, 1.165) is 0 Å². The smallest absolute Gasteiger partial charge is 0.395 e. The average molecular weight is 273 g/mol. The molecular weight excluding hydrogens is 260 g/mol. The summed E-state index contributed by atoms with van der Waals surface area (Å²) >= 11 is 0. The van der Waals surface area contributed by atoms with Crippen LogP contribution in [-0.2, 0) is 4.79 Å². The quantitative estimate of drug-likeness (QED) is 0.881. The highest BCUT2D eigenvalue weighted by Crippen LogP contribution is 2.42. The molecule has 1 atom stereocenters. The van der Waals surface area contributed by atoms with Crippen LogP contribution in [0.5, 0.6) is 11.5 Å². The van der Waals surface area contributed by atoms with E-state index in [1.165, 1.54) is 18.2 Å². The van der Waals surface area contributed by atoms with Gasteiger partial charge >= 0.3 is 6.29 Å². The lowest BCUT2D eigenvalue weighted by molar-refractivity contribution is -0.286. The maximum Gasteiger partial charge on any atom is 0.586 e. The third-order valence-electron chi connectivity index (χ3n) is 2.47. The molecule has 7 heteroatoms. The Balaban J connectivity index is 1.98. The van der Waals surface area contributed by atoms with Crippen LogP contribution in [0.15, 0.2) is 18.2 Å². The number of anilines is 1. The Kier molecular flexibility index (Phi) is 3.57. The van der Waals surface area contributed by atoms with Crippen LogP contribution >= 0.6 is 0 Å². The Labute approximate surface area is 108 Å². The number of hydrogen-bond donors (Lipinski definition) is 2. The van der Waals surface area contributed by atoms with Gasteiger partial charge in [-0.15, -0.1) is 8.78 Å². The second-order valence-corrected chi connectivity index (χ2v) is 4.26. The van der Waals surface area contributed by atoms with Crippen molar-refractivity contribution in [3.8, 4) is 11.5 Å². The second-order valence-electron chi connectivity index (χ2n) is 4.26. The van der Waals surface area contributed by atoms with E-state index >= 15 is 0 Å². The number of halogens is 2. The van der Waals surface area contributed by atoms with Gasteiger partial charge in [0.2, 0.25) is 5.91 Å². The minimum atomic E-state index is -3.67. The van der Waals surface area contributed by atoms with E-state index < -0.39 is 12.4 Å². The SMILES string of the molecule is CC(O)CCC(=O)Nc1ccc2c(c1)OC(F)(F)O2. The van der Waals surface area contributed by atoms with Crippen LogP contribution in [0.4, 0.5) is 14.5 Å². The Hall–Kier alpha value is -1.89. The summed E-state index contributed by atoms with van der Waals surface area (Å²) in [5, 5.41) is 11.6. The molecule has 1 aromatic carbocycles. The normalized spacial score (nSPS) is 17.1. The number of ether oxygens (including phenoxy) is 2. The van der Waals surface area contributed by atoms with Gasteiger partial charge in [0, 0.05) is 18.2 Å². The van der Waals surface area contributed by atoms with Crippen molar-refractivity contribution in [1.82, 2.24) is 0 Å². The number of carbonyl (C=O) groups is 1. The summed E-state index contributed by atoms with van der Waals surface area (Å²) in [5.74, 6) is -0.517. The Morgan fingerprint density at radius 1 is 1.42 bits per heavy atom. The summed E-state index contributed by atoms with van der Waals surface area (Å²) in [4.78, 5) is 11.5. The summed E-state index contributed by atoms with van der Waals surface area (Å²) < 4.78 is 34.1. The van der Waals surface area contributed by atoms with Crippen molar-refractivity contribution in [3.63, 3.8) is 0 Å². The maximum atomic E-state index is 12.8. The second kappa shape index (κ2) is 5.00. The van der Waals surface area contributed by atoms with Crippen LogP contribution in [0, 0.1) is 0 Å². The number of fused-ring (bicyclic) bond motifs is 1. The largest absolute Gasteiger partial charge is 0.586 e. The number of hydrogen-bond acceptors (Lipinski definition) is 4. The minimum absolute atomic E-state index is 0.0769. The molecule has 2 rings (SSSR count). The van der Waals surface area contributed by atoms with Gasteiger partial charge in [-0.3, -0.25) is 4.79 Å². The van der Waals surface area contributed by atoms with Gasteiger partial charge in [-0.2, -0.15) is 0 Å². The first-order valence-corrected chi connectivity index (χ1v) is 5.73. The van der Waals surface area contributed by atoms with Gasteiger partial charge in [0.25, 0.3) is 0 Å². The molecule has 1 amide bonds. The molecule has 1 unspecified atom stereocenters. The lowest BCUT2D eigenvalue weighted by Crippen LogP contribution is -2.25. The number of alkyl halides is 2. The van der Waals surface area contributed by atoms with Crippen molar-refractivity contribution >= 4 is 11.6 Å². The molecule has 0 saturated heterocycles. The van der Waals surface area contributed by atoms with E-state index in [9.17, 15) is 13.6 Å².